The van der Waals surface area contributed by atoms with E-state index in [1.54, 1.807) is 42.5 Å². The predicted octanol–water partition coefficient (Wildman–Crippen LogP) is 4.41. The number of anilines is 1. The highest BCUT2D eigenvalue weighted by Gasteiger charge is 2.39. The average molecular weight is 447 g/mol. The summed E-state index contributed by atoms with van der Waals surface area (Å²) < 4.78 is 28.6. The van der Waals surface area contributed by atoms with Gasteiger partial charge >= 0.3 is 7.60 Å². The smallest absolute Gasteiger partial charge is 0.324 e. The van der Waals surface area contributed by atoms with Crippen molar-refractivity contribution >= 4 is 36.8 Å². The van der Waals surface area contributed by atoms with Crippen molar-refractivity contribution in [1.29, 1.82) is 0 Å². The van der Waals surface area contributed by atoms with Gasteiger partial charge in [-0.2, -0.15) is 0 Å². The summed E-state index contributed by atoms with van der Waals surface area (Å²) in [5, 5.41) is 5.38. The van der Waals surface area contributed by atoms with E-state index in [1.807, 2.05) is 0 Å². The van der Waals surface area contributed by atoms with E-state index in [1.165, 1.54) is 32.1 Å². The van der Waals surface area contributed by atoms with Crippen LogP contribution < -0.4 is 5.32 Å². The van der Waals surface area contributed by atoms with E-state index in [9.17, 15) is 23.5 Å². The Morgan fingerprint density at radius 3 is 2.37 bits per heavy atom. The highest BCUT2D eigenvalue weighted by molar-refractivity contribution is 7.53. The van der Waals surface area contributed by atoms with E-state index in [-0.39, 0.29) is 5.82 Å². The second kappa shape index (κ2) is 8.57. The van der Waals surface area contributed by atoms with Crippen LogP contribution in [0.15, 0.2) is 54.6 Å². The largest absolute Gasteiger partial charge is 0.335 e. The highest BCUT2D eigenvalue weighted by Crippen LogP contribution is 2.56. The monoisotopic (exact) mass is 447 g/mol. The van der Waals surface area contributed by atoms with E-state index >= 15 is 0 Å². The van der Waals surface area contributed by atoms with Crippen LogP contribution in [0.1, 0.15) is 24.3 Å². The quantitative estimate of drug-likeness (QED) is 0.381. The molecule has 156 valence electrons. The first-order chi connectivity index (χ1) is 14.1. The Morgan fingerprint density at radius 1 is 1.13 bits per heavy atom. The van der Waals surface area contributed by atoms with Crippen LogP contribution in [-0.2, 0) is 14.5 Å². The van der Waals surface area contributed by atoms with Crippen molar-refractivity contribution in [3.63, 3.8) is 0 Å². The van der Waals surface area contributed by atoms with Gasteiger partial charge in [-0.15, -0.1) is 5.10 Å². The van der Waals surface area contributed by atoms with E-state index < -0.39 is 18.7 Å². The number of hydrogen-bond donors (Lipinski definition) is 3. The van der Waals surface area contributed by atoms with E-state index in [0.29, 0.717) is 27.4 Å². The minimum absolute atomic E-state index is 0.353. The van der Waals surface area contributed by atoms with Gasteiger partial charge in [0.1, 0.15) is 11.5 Å². The van der Waals surface area contributed by atoms with Crippen LogP contribution in [0.4, 0.5) is 10.1 Å². The number of amides is 1. The third-order valence-corrected chi connectivity index (χ3v) is 7.01. The Hall–Kier alpha value is -2.71. The van der Waals surface area contributed by atoms with Crippen LogP contribution in [0.25, 0.3) is 17.3 Å². The molecular weight excluding hydrogens is 428 g/mol. The van der Waals surface area contributed by atoms with Gasteiger partial charge < -0.3 is 15.1 Å². The van der Waals surface area contributed by atoms with Gasteiger partial charge in [0.15, 0.2) is 0 Å². The van der Waals surface area contributed by atoms with Gasteiger partial charge in [0, 0.05) is 17.3 Å². The molecule has 0 saturated heterocycles. The molecule has 3 aromatic rings. The summed E-state index contributed by atoms with van der Waals surface area (Å²) in [7, 11) is -4.33. The summed E-state index contributed by atoms with van der Waals surface area (Å²) in [6.45, 7) is 2.93. The fraction of sp³-hybridized carbons (Fsp3) is 0.150. The minimum Gasteiger partial charge on any atom is -0.324 e. The fourth-order valence-electron chi connectivity index (χ4n) is 2.58. The SMILES string of the molecule is CC(C)(c1ccc(NC(=O)C=Cc2snnc2-c2ccc(F)cc2)cc1)P(=O)(O)O. The average Bonchev–Trinajstić information content (AvgIpc) is 3.15. The third kappa shape index (κ3) is 4.88. The zero-order valence-electron chi connectivity index (χ0n) is 16.1. The summed E-state index contributed by atoms with van der Waals surface area (Å²) >= 11 is 1.11. The van der Waals surface area contributed by atoms with Crippen molar-refractivity contribution in [2.45, 2.75) is 19.0 Å². The van der Waals surface area contributed by atoms with Crippen molar-refractivity contribution in [2.75, 3.05) is 5.32 Å². The van der Waals surface area contributed by atoms with Gasteiger partial charge in [0.2, 0.25) is 5.91 Å². The topological polar surface area (TPSA) is 112 Å². The first kappa shape index (κ1) is 22.0. The first-order valence-corrected chi connectivity index (χ1v) is 11.2. The number of halogens is 1. The number of carbonyl (C=O) groups is 1. The Balaban J connectivity index is 1.70. The standard InChI is InChI=1S/C20H19FN3O4PS/c1-20(2,29(26,27)28)14-5-9-16(10-6-14)22-18(25)12-11-17-19(23-24-30-17)13-3-7-15(21)8-4-13/h3-12H,1-2H3,(H,22,25)(H2,26,27,28). The molecule has 0 atom stereocenters. The molecule has 30 heavy (non-hydrogen) atoms. The molecule has 3 rings (SSSR count). The molecule has 1 heterocycles. The number of nitrogens with one attached hydrogen (secondary N) is 1. The van der Waals surface area contributed by atoms with E-state index in [0.717, 1.165) is 11.5 Å². The van der Waals surface area contributed by atoms with Crippen molar-refractivity contribution in [2.24, 2.45) is 0 Å². The lowest BCUT2D eigenvalue weighted by Gasteiger charge is -2.26. The maximum atomic E-state index is 13.1. The molecular formula is C20H19FN3O4PS. The molecule has 1 aromatic heterocycles. The zero-order valence-corrected chi connectivity index (χ0v) is 17.8. The van der Waals surface area contributed by atoms with E-state index in [2.05, 4.69) is 14.9 Å². The summed E-state index contributed by atoms with van der Waals surface area (Å²) in [5.74, 6) is -0.746. The van der Waals surface area contributed by atoms with Gasteiger partial charge in [-0.25, -0.2) is 4.39 Å². The number of carbonyl (C=O) groups excluding carboxylic acids is 1. The maximum absolute atomic E-state index is 13.1. The highest BCUT2D eigenvalue weighted by atomic mass is 32.1. The normalized spacial score (nSPS) is 12.3. The Labute approximate surface area is 176 Å². The Morgan fingerprint density at radius 2 is 1.77 bits per heavy atom. The molecule has 1 amide bonds. The van der Waals surface area contributed by atoms with Crippen LogP contribution in [0.2, 0.25) is 0 Å². The molecule has 0 aliphatic carbocycles. The van der Waals surface area contributed by atoms with Crippen molar-refractivity contribution in [3.05, 3.63) is 70.9 Å². The minimum atomic E-state index is -4.33. The molecule has 2 aromatic carbocycles. The van der Waals surface area contributed by atoms with Gasteiger partial charge in [0.05, 0.1) is 10.0 Å². The van der Waals surface area contributed by atoms with Crippen LogP contribution in [0.5, 0.6) is 0 Å². The second-order valence-electron chi connectivity index (χ2n) is 7.00. The molecule has 0 aliphatic rings. The predicted molar refractivity (Wildman–Crippen MR) is 114 cm³/mol. The Bertz CT molecular complexity index is 1120. The summed E-state index contributed by atoms with van der Waals surface area (Å²) in [4.78, 5) is 31.9. The van der Waals surface area contributed by atoms with Crippen molar-refractivity contribution in [1.82, 2.24) is 9.59 Å². The number of benzene rings is 2. The van der Waals surface area contributed by atoms with Gasteiger partial charge in [-0.05, 0) is 73.4 Å². The molecule has 10 heteroatoms. The van der Waals surface area contributed by atoms with Gasteiger partial charge in [0.25, 0.3) is 0 Å². The summed E-state index contributed by atoms with van der Waals surface area (Å²) in [6.07, 6.45) is 2.90. The molecule has 7 nitrogen and oxygen atoms in total. The lowest BCUT2D eigenvalue weighted by atomic mass is 10.0. The lowest BCUT2D eigenvalue weighted by molar-refractivity contribution is -0.111. The number of nitrogens with zero attached hydrogens (tertiary/aromatic N) is 2. The molecule has 0 spiro atoms. The number of aromatic nitrogens is 2. The van der Waals surface area contributed by atoms with Crippen LogP contribution >= 0.6 is 19.1 Å². The van der Waals surface area contributed by atoms with Crippen LogP contribution in [0, 0.1) is 5.82 Å². The van der Waals surface area contributed by atoms with Gasteiger partial charge in [-0.3, -0.25) is 9.36 Å². The maximum Gasteiger partial charge on any atom is 0.335 e. The van der Waals surface area contributed by atoms with Gasteiger partial charge in [-0.1, -0.05) is 16.6 Å². The third-order valence-electron chi connectivity index (χ3n) is 4.60. The van der Waals surface area contributed by atoms with Crippen molar-refractivity contribution < 1.29 is 23.5 Å². The Kier molecular flexibility index (Phi) is 6.28. The molecule has 0 bridgehead atoms. The molecule has 0 unspecified atom stereocenters. The van der Waals surface area contributed by atoms with Crippen molar-refractivity contribution in [3.8, 4) is 11.3 Å². The summed E-state index contributed by atoms with van der Waals surface area (Å²) in [6, 6.07) is 12.1. The molecule has 0 saturated carbocycles. The second-order valence-corrected chi connectivity index (χ2v) is 9.99. The fourth-order valence-corrected chi connectivity index (χ4v) is 3.65. The zero-order chi connectivity index (χ0) is 21.9. The number of rotatable bonds is 6. The first-order valence-electron chi connectivity index (χ1n) is 8.81. The number of hydrogen-bond acceptors (Lipinski definition) is 5. The van der Waals surface area contributed by atoms with Crippen LogP contribution in [0.3, 0.4) is 0 Å². The lowest BCUT2D eigenvalue weighted by Crippen LogP contribution is -2.17. The molecule has 0 aliphatic heterocycles. The van der Waals surface area contributed by atoms with Crippen LogP contribution in [-0.4, -0.2) is 25.3 Å². The summed E-state index contributed by atoms with van der Waals surface area (Å²) in [5.41, 5.74) is 2.18. The molecule has 3 N–H and O–H groups in total. The molecule has 0 fully saturated rings. The van der Waals surface area contributed by atoms with E-state index in [4.69, 9.17) is 0 Å². The molecule has 0 radical (unpaired) electrons.